The molecule has 2 amide bonds. The van der Waals surface area contributed by atoms with Crippen LogP contribution in [0.15, 0.2) is 47.4 Å². The molecule has 0 radical (unpaired) electrons. The van der Waals surface area contributed by atoms with Crippen LogP contribution in [0.25, 0.3) is 0 Å². The lowest BCUT2D eigenvalue weighted by atomic mass is 10.1. The second-order valence-electron chi connectivity index (χ2n) is 7.53. The molecule has 1 aliphatic rings. The number of carbonyl (C=O) groups excluding carboxylic acids is 2. The topological polar surface area (TPSA) is 52.7 Å². The number of nitrogens with one attached hydrogen (secondary N) is 1. The van der Waals surface area contributed by atoms with Crippen molar-refractivity contribution in [1.29, 1.82) is 0 Å². The number of nitrogens with zero attached hydrogens (tertiary/aromatic N) is 2. The monoisotopic (exact) mass is 411 g/mol. The normalized spacial score (nSPS) is 14.7. The Morgan fingerprint density at radius 3 is 2.17 bits per heavy atom. The predicted octanol–water partition coefficient (Wildman–Crippen LogP) is 3.49. The van der Waals surface area contributed by atoms with Gasteiger partial charge in [-0.2, -0.15) is 0 Å². The van der Waals surface area contributed by atoms with Crippen LogP contribution in [-0.4, -0.2) is 60.1 Å². The lowest BCUT2D eigenvalue weighted by molar-refractivity contribution is -0.130. The van der Waals surface area contributed by atoms with Crippen LogP contribution in [-0.2, 0) is 9.59 Å². The van der Waals surface area contributed by atoms with E-state index in [0.717, 1.165) is 34.8 Å². The molecule has 154 valence electrons. The molecule has 0 unspecified atom stereocenters. The van der Waals surface area contributed by atoms with Crippen molar-refractivity contribution in [3.63, 3.8) is 0 Å². The molecule has 1 heterocycles. The van der Waals surface area contributed by atoms with Crippen LogP contribution >= 0.6 is 11.8 Å². The smallest absolute Gasteiger partial charge is 0.238 e. The van der Waals surface area contributed by atoms with Crippen LogP contribution in [0.4, 0.5) is 5.69 Å². The SMILES string of the molecule is Cc1ccccc1SCC(=O)N1CCN(CC(=O)Nc2c(C)cccc2C)CC1. The van der Waals surface area contributed by atoms with Gasteiger partial charge in [0.05, 0.1) is 12.3 Å². The minimum Gasteiger partial charge on any atom is -0.339 e. The summed E-state index contributed by atoms with van der Waals surface area (Å²) in [5, 5.41) is 3.04. The van der Waals surface area contributed by atoms with E-state index in [9.17, 15) is 9.59 Å². The summed E-state index contributed by atoms with van der Waals surface area (Å²) in [6.45, 7) is 9.21. The molecule has 1 fully saturated rings. The van der Waals surface area contributed by atoms with Crippen LogP contribution < -0.4 is 5.32 Å². The summed E-state index contributed by atoms with van der Waals surface area (Å²) in [7, 11) is 0. The van der Waals surface area contributed by atoms with Gasteiger partial charge >= 0.3 is 0 Å². The van der Waals surface area contributed by atoms with Crippen LogP contribution in [0, 0.1) is 20.8 Å². The molecule has 0 aliphatic carbocycles. The quantitative estimate of drug-likeness (QED) is 0.740. The fraction of sp³-hybridized carbons (Fsp3) is 0.391. The summed E-state index contributed by atoms with van der Waals surface area (Å²) in [5.74, 6) is 0.618. The third-order valence-corrected chi connectivity index (χ3v) is 6.44. The third-order valence-electron chi connectivity index (χ3n) is 5.28. The average Bonchev–Trinajstić information content (AvgIpc) is 2.70. The largest absolute Gasteiger partial charge is 0.339 e. The Labute approximate surface area is 177 Å². The van der Waals surface area contributed by atoms with E-state index in [0.29, 0.717) is 25.4 Å². The standard InChI is InChI=1S/C23H29N3O2S/c1-17-7-4-5-10-20(17)29-16-22(28)26-13-11-25(12-14-26)15-21(27)24-23-18(2)8-6-9-19(23)3/h4-10H,11-16H2,1-3H3,(H,24,27). The lowest BCUT2D eigenvalue weighted by Crippen LogP contribution is -2.50. The number of rotatable bonds is 6. The molecule has 6 heteroatoms. The molecule has 1 saturated heterocycles. The zero-order valence-electron chi connectivity index (χ0n) is 17.4. The molecule has 29 heavy (non-hydrogen) atoms. The molecule has 0 spiro atoms. The Morgan fingerprint density at radius 2 is 1.52 bits per heavy atom. The van der Waals surface area contributed by atoms with E-state index >= 15 is 0 Å². The lowest BCUT2D eigenvalue weighted by Gasteiger charge is -2.34. The van der Waals surface area contributed by atoms with Crippen molar-refractivity contribution in [2.24, 2.45) is 0 Å². The fourth-order valence-electron chi connectivity index (χ4n) is 3.50. The summed E-state index contributed by atoms with van der Waals surface area (Å²) < 4.78 is 0. The first-order valence-electron chi connectivity index (χ1n) is 9.98. The van der Waals surface area contributed by atoms with Crippen molar-refractivity contribution < 1.29 is 9.59 Å². The van der Waals surface area contributed by atoms with Gasteiger partial charge in [-0.1, -0.05) is 36.4 Å². The second-order valence-corrected chi connectivity index (χ2v) is 8.54. The van der Waals surface area contributed by atoms with Gasteiger partial charge < -0.3 is 10.2 Å². The van der Waals surface area contributed by atoms with E-state index in [2.05, 4.69) is 29.3 Å². The first kappa shape index (κ1) is 21.4. The third kappa shape index (κ3) is 5.84. The molecule has 0 saturated carbocycles. The minimum atomic E-state index is -0.00251. The van der Waals surface area contributed by atoms with Gasteiger partial charge in [-0.15, -0.1) is 11.8 Å². The molecular formula is C23H29N3O2S. The maximum absolute atomic E-state index is 12.5. The number of anilines is 1. The summed E-state index contributed by atoms with van der Waals surface area (Å²) in [6.07, 6.45) is 0. The molecule has 2 aromatic carbocycles. The highest BCUT2D eigenvalue weighted by Crippen LogP contribution is 2.22. The van der Waals surface area contributed by atoms with Gasteiger partial charge in [0.1, 0.15) is 0 Å². The van der Waals surface area contributed by atoms with E-state index < -0.39 is 0 Å². The highest BCUT2D eigenvalue weighted by molar-refractivity contribution is 8.00. The number of hydrogen-bond acceptors (Lipinski definition) is 4. The molecule has 2 aromatic rings. The number of carbonyl (C=O) groups is 2. The Kier molecular flexibility index (Phi) is 7.34. The van der Waals surface area contributed by atoms with Crippen LogP contribution in [0.1, 0.15) is 16.7 Å². The highest BCUT2D eigenvalue weighted by Gasteiger charge is 2.22. The predicted molar refractivity (Wildman–Crippen MR) is 119 cm³/mol. The van der Waals surface area contributed by atoms with Crippen LogP contribution in [0.2, 0.25) is 0 Å². The van der Waals surface area contributed by atoms with Gasteiger partial charge in [0.25, 0.3) is 0 Å². The number of benzene rings is 2. The molecule has 1 N–H and O–H groups in total. The summed E-state index contributed by atoms with van der Waals surface area (Å²) in [6, 6.07) is 14.1. The van der Waals surface area contributed by atoms with Gasteiger partial charge in [0.2, 0.25) is 11.8 Å². The molecule has 5 nitrogen and oxygen atoms in total. The number of aryl methyl sites for hydroxylation is 3. The maximum atomic E-state index is 12.5. The zero-order valence-corrected chi connectivity index (χ0v) is 18.2. The van der Waals surface area contributed by atoms with Crippen molar-refractivity contribution in [3.05, 3.63) is 59.2 Å². The summed E-state index contributed by atoms with van der Waals surface area (Å²) in [4.78, 5) is 30.2. The van der Waals surface area contributed by atoms with E-state index in [1.807, 2.05) is 49.1 Å². The van der Waals surface area contributed by atoms with E-state index in [-0.39, 0.29) is 11.8 Å². The van der Waals surface area contributed by atoms with Crippen molar-refractivity contribution in [3.8, 4) is 0 Å². The maximum Gasteiger partial charge on any atom is 0.238 e. The van der Waals surface area contributed by atoms with Crippen LogP contribution in [0.5, 0.6) is 0 Å². The molecular weight excluding hydrogens is 382 g/mol. The highest BCUT2D eigenvalue weighted by atomic mass is 32.2. The molecule has 3 rings (SSSR count). The fourth-order valence-corrected chi connectivity index (χ4v) is 4.43. The van der Waals surface area contributed by atoms with Crippen molar-refractivity contribution in [2.75, 3.05) is 43.8 Å². The first-order valence-corrected chi connectivity index (χ1v) is 11.0. The van der Waals surface area contributed by atoms with Gasteiger partial charge in [-0.25, -0.2) is 0 Å². The number of amides is 2. The number of para-hydroxylation sites is 1. The number of thioether (sulfide) groups is 1. The average molecular weight is 412 g/mol. The van der Waals surface area contributed by atoms with Gasteiger partial charge in [-0.05, 0) is 43.5 Å². The Morgan fingerprint density at radius 1 is 0.897 bits per heavy atom. The summed E-state index contributed by atoms with van der Waals surface area (Å²) in [5.41, 5.74) is 4.24. The van der Waals surface area contributed by atoms with Crippen molar-refractivity contribution in [1.82, 2.24) is 9.80 Å². The zero-order chi connectivity index (χ0) is 20.8. The number of hydrogen-bond donors (Lipinski definition) is 1. The summed E-state index contributed by atoms with van der Waals surface area (Å²) >= 11 is 1.60. The minimum absolute atomic E-state index is 0.00251. The van der Waals surface area contributed by atoms with Crippen molar-refractivity contribution >= 4 is 29.3 Å². The van der Waals surface area contributed by atoms with Gasteiger partial charge in [0.15, 0.2) is 0 Å². The van der Waals surface area contributed by atoms with Gasteiger partial charge in [0, 0.05) is 36.8 Å². The first-order chi connectivity index (χ1) is 13.9. The van der Waals surface area contributed by atoms with E-state index in [1.165, 1.54) is 5.56 Å². The van der Waals surface area contributed by atoms with E-state index in [1.54, 1.807) is 11.8 Å². The van der Waals surface area contributed by atoms with Crippen LogP contribution in [0.3, 0.4) is 0 Å². The van der Waals surface area contributed by atoms with Crippen molar-refractivity contribution in [2.45, 2.75) is 25.7 Å². The Balaban J connectivity index is 1.43. The second kappa shape index (κ2) is 9.94. The Hall–Kier alpha value is -2.31. The molecule has 0 aromatic heterocycles. The van der Waals surface area contributed by atoms with E-state index in [4.69, 9.17) is 0 Å². The molecule has 1 aliphatic heterocycles. The van der Waals surface area contributed by atoms with Gasteiger partial charge in [-0.3, -0.25) is 14.5 Å². The molecule has 0 atom stereocenters. The number of piperazine rings is 1. The Bertz CT molecular complexity index is 856. The molecule has 0 bridgehead atoms.